The van der Waals surface area contributed by atoms with Gasteiger partial charge >= 0.3 is 0 Å². The van der Waals surface area contributed by atoms with Crippen LogP contribution in [-0.4, -0.2) is 21.8 Å². The van der Waals surface area contributed by atoms with E-state index >= 15 is 0 Å². The standard InChI is InChI=1S/C11H15N5O/c1-2-17-10-5-8(3-4-9(10)12)13-6-11-14-7-15-16-11/h3-5,7,13H,2,6,12H2,1H3,(H,14,15,16). The highest BCUT2D eigenvalue weighted by Crippen LogP contribution is 2.25. The Kier molecular flexibility index (Phi) is 3.44. The molecule has 1 aromatic carbocycles. The summed E-state index contributed by atoms with van der Waals surface area (Å²) in [5.74, 6) is 1.47. The Morgan fingerprint density at radius 1 is 1.47 bits per heavy atom. The van der Waals surface area contributed by atoms with Crippen LogP contribution in [0, 0.1) is 0 Å². The number of hydrogen-bond donors (Lipinski definition) is 3. The number of nitrogens with one attached hydrogen (secondary N) is 2. The normalized spacial score (nSPS) is 10.2. The second-order valence-electron chi connectivity index (χ2n) is 3.47. The Balaban J connectivity index is 2.03. The molecule has 0 spiro atoms. The van der Waals surface area contributed by atoms with Gasteiger partial charge in [-0.3, -0.25) is 5.10 Å². The van der Waals surface area contributed by atoms with Gasteiger partial charge in [0.25, 0.3) is 0 Å². The molecule has 0 saturated carbocycles. The van der Waals surface area contributed by atoms with Crippen LogP contribution in [0.15, 0.2) is 24.5 Å². The van der Waals surface area contributed by atoms with Gasteiger partial charge in [-0.15, -0.1) is 0 Å². The number of rotatable bonds is 5. The molecule has 0 bridgehead atoms. The summed E-state index contributed by atoms with van der Waals surface area (Å²) in [5.41, 5.74) is 7.35. The zero-order valence-electron chi connectivity index (χ0n) is 9.60. The predicted octanol–water partition coefficient (Wildman–Crippen LogP) is 1.40. The molecule has 6 nitrogen and oxygen atoms in total. The Labute approximate surface area is 99.2 Å². The first-order chi connectivity index (χ1) is 8.29. The van der Waals surface area contributed by atoms with Crippen LogP contribution in [-0.2, 0) is 6.54 Å². The molecule has 0 unspecified atom stereocenters. The van der Waals surface area contributed by atoms with Gasteiger partial charge in [0, 0.05) is 11.8 Å². The lowest BCUT2D eigenvalue weighted by Gasteiger charge is -2.10. The molecule has 2 aromatic rings. The van der Waals surface area contributed by atoms with E-state index in [2.05, 4.69) is 20.5 Å². The third kappa shape index (κ3) is 2.87. The molecule has 0 aliphatic carbocycles. The van der Waals surface area contributed by atoms with Gasteiger partial charge in [0.15, 0.2) is 0 Å². The van der Waals surface area contributed by atoms with Crippen molar-refractivity contribution >= 4 is 11.4 Å². The fourth-order valence-corrected chi connectivity index (χ4v) is 1.43. The van der Waals surface area contributed by atoms with Crippen LogP contribution < -0.4 is 15.8 Å². The van der Waals surface area contributed by atoms with E-state index in [1.54, 1.807) is 0 Å². The summed E-state index contributed by atoms with van der Waals surface area (Å²) in [5, 5.41) is 9.76. The third-order valence-corrected chi connectivity index (χ3v) is 2.24. The van der Waals surface area contributed by atoms with Crippen molar-refractivity contribution in [3.63, 3.8) is 0 Å². The molecule has 1 aromatic heterocycles. The van der Waals surface area contributed by atoms with Crippen LogP contribution in [0.25, 0.3) is 0 Å². The first-order valence-electron chi connectivity index (χ1n) is 5.40. The van der Waals surface area contributed by atoms with Gasteiger partial charge in [-0.25, -0.2) is 4.98 Å². The molecule has 0 atom stereocenters. The van der Waals surface area contributed by atoms with Gasteiger partial charge in [-0.2, -0.15) is 5.10 Å². The number of H-pyrrole nitrogens is 1. The van der Waals surface area contributed by atoms with E-state index in [0.29, 0.717) is 24.6 Å². The summed E-state index contributed by atoms with van der Waals surface area (Å²) in [7, 11) is 0. The lowest BCUT2D eigenvalue weighted by atomic mass is 10.2. The lowest BCUT2D eigenvalue weighted by Crippen LogP contribution is -2.03. The fraction of sp³-hybridized carbons (Fsp3) is 0.273. The van der Waals surface area contributed by atoms with Crippen molar-refractivity contribution in [2.75, 3.05) is 17.7 Å². The number of benzene rings is 1. The smallest absolute Gasteiger partial charge is 0.144 e. The molecular weight excluding hydrogens is 218 g/mol. The molecule has 4 N–H and O–H groups in total. The number of nitrogen functional groups attached to an aromatic ring is 1. The first kappa shape index (κ1) is 11.3. The van der Waals surface area contributed by atoms with Gasteiger partial charge in [-0.1, -0.05) is 0 Å². The van der Waals surface area contributed by atoms with Crippen molar-refractivity contribution in [1.82, 2.24) is 15.2 Å². The van der Waals surface area contributed by atoms with E-state index in [0.717, 1.165) is 11.5 Å². The number of ether oxygens (including phenoxy) is 1. The minimum absolute atomic E-state index is 0.579. The third-order valence-electron chi connectivity index (χ3n) is 2.24. The highest BCUT2D eigenvalue weighted by molar-refractivity contribution is 5.61. The molecular formula is C11H15N5O. The molecule has 0 radical (unpaired) electrons. The minimum atomic E-state index is 0.579. The summed E-state index contributed by atoms with van der Waals surface area (Å²) in [6, 6.07) is 5.58. The Bertz CT molecular complexity index is 469. The first-order valence-corrected chi connectivity index (χ1v) is 5.40. The van der Waals surface area contributed by atoms with Crippen LogP contribution >= 0.6 is 0 Å². The Morgan fingerprint density at radius 3 is 3.06 bits per heavy atom. The van der Waals surface area contributed by atoms with E-state index in [1.165, 1.54) is 6.33 Å². The number of nitrogens with zero attached hydrogens (tertiary/aromatic N) is 2. The Hall–Kier alpha value is -2.24. The molecule has 17 heavy (non-hydrogen) atoms. The molecule has 0 aliphatic rings. The maximum atomic E-state index is 5.78. The van der Waals surface area contributed by atoms with Crippen LogP contribution in [0.4, 0.5) is 11.4 Å². The van der Waals surface area contributed by atoms with Gasteiger partial charge in [-0.05, 0) is 19.1 Å². The summed E-state index contributed by atoms with van der Waals surface area (Å²) in [6.07, 6.45) is 1.48. The van der Waals surface area contributed by atoms with E-state index in [4.69, 9.17) is 10.5 Å². The van der Waals surface area contributed by atoms with Gasteiger partial charge in [0.05, 0.1) is 18.8 Å². The zero-order valence-corrected chi connectivity index (χ0v) is 9.60. The average Bonchev–Trinajstić information content (AvgIpc) is 2.83. The number of anilines is 2. The molecule has 90 valence electrons. The SMILES string of the molecule is CCOc1cc(NCc2ncn[nH]2)ccc1N. The van der Waals surface area contributed by atoms with E-state index < -0.39 is 0 Å². The predicted molar refractivity (Wildman–Crippen MR) is 65.7 cm³/mol. The molecule has 0 aliphatic heterocycles. The molecule has 6 heteroatoms. The van der Waals surface area contributed by atoms with E-state index in [1.807, 2.05) is 25.1 Å². The van der Waals surface area contributed by atoms with Gasteiger partial charge < -0.3 is 15.8 Å². The maximum Gasteiger partial charge on any atom is 0.144 e. The number of hydrogen-bond acceptors (Lipinski definition) is 5. The molecule has 0 saturated heterocycles. The molecule has 0 amide bonds. The summed E-state index contributed by atoms with van der Waals surface area (Å²) in [6.45, 7) is 3.10. The quantitative estimate of drug-likeness (QED) is 0.679. The highest BCUT2D eigenvalue weighted by atomic mass is 16.5. The number of nitrogens with two attached hydrogens (primary N) is 1. The average molecular weight is 233 g/mol. The number of aromatic nitrogens is 3. The zero-order chi connectivity index (χ0) is 12.1. The second-order valence-corrected chi connectivity index (χ2v) is 3.47. The van der Waals surface area contributed by atoms with Crippen molar-refractivity contribution in [2.45, 2.75) is 13.5 Å². The Morgan fingerprint density at radius 2 is 2.35 bits per heavy atom. The van der Waals surface area contributed by atoms with Crippen LogP contribution in [0.3, 0.4) is 0 Å². The van der Waals surface area contributed by atoms with Crippen molar-refractivity contribution in [3.8, 4) is 5.75 Å². The number of aromatic amines is 1. The molecule has 0 fully saturated rings. The second kappa shape index (κ2) is 5.20. The summed E-state index contributed by atoms with van der Waals surface area (Å²) >= 11 is 0. The highest BCUT2D eigenvalue weighted by Gasteiger charge is 2.02. The van der Waals surface area contributed by atoms with Crippen molar-refractivity contribution in [2.24, 2.45) is 0 Å². The summed E-state index contributed by atoms with van der Waals surface area (Å²) in [4.78, 5) is 4.02. The van der Waals surface area contributed by atoms with Crippen molar-refractivity contribution in [3.05, 3.63) is 30.4 Å². The van der Waals surface area contributed by atoms with Crippen molar-refractivity contribution in [1.29, 1.82) is 0 Å². The van der Waals surface area contributed by atoms with Crippen LogP contribution in [0.5, 0.6) is 5.75 Å². The fourth-order valence-electron chi connectivity index (χ4n) is 1.43. The van der Waals surface area contributed by atoms with Gasteiger partial charge in [0.2, 0.25) is 0 Å². The topological polar surface area (TPSA) is 88.8 Å². The minimum Gasteiger partial charge on any atom is -0.492 e. The molecule has 1 heterocycles. The largest absolute Gasteiger partial charge is 0.492 e. The van der Waals surface area contributed by atoms with Crippen LogP contribution in [0.2, 0.25) is 0 Å². The van der Waals surface area contributed by atoms with Gasteiger partial charge in [0.1, 0.15) is 17.9 Å². The van der Waals surface area contributed by atoms with E-state index in [9.17, 15) is 0 Å². The van der Waals surface area contributed by atoms with Crippen LogP contribution in [0.1, 0.15) is 12.7 Å². The summed E-state index contributed by atoms with van der Waals surface area (Å²) < 4.78 is 5.41. The lowest BCUT2D eigenvalue weighted by molar-refractivity contribution is 0.342. The maximum absolute atomic E-state index is 5.78. The monoisotopic (exact) mass is 233 g/mol. The van der Waals surface area contributed by atoms with Crippen molar-refractivity contribution < 1.29 is 4.74 Å². The van der Waals surface area contributed by atoms with E-state index in [-0.39, 0.29) is 0 Å². The molecule has 2 rings (SSSR count).